The van der Waals surface area contributed by atoms with Crippen LogP contribution in [0.15, 0.2) is 28.0 Å². The normalized spacial score (nSPS) is 19.8. The average molecular weight is 342 g/mol. The second kappa shape index (κ2) is 7.18. The Morgan fingerprint density at radius 1 is 1.42 bits per heavy atom. The minimum absolute atomic E-state index is 0. The molecular weight excluding hydrogens is 325 g/mol. The van der Waals surface area contributed by atoms with Crippen LogP contribution in [0.2, 0.25) is 5.02 Å². The highest BCUT2D eigenvalue weighted by Crippen LogP contribution is 2.30. The summed E-state index contributed by atoms with van der Waals surface area (Å²) in [7, 11) is -3.27. The van der Waals surface area contributed by atoms with Crippen molar-refractivity contribution >= 4 is 45.6 Å². The molecule has 1 fully saturated rings. The van der Waals surface area contributed by atoms with Crippen LogP contribution in [0.25, 0.3) is 0 Å². The van der Waals surface area contributed by atoms with Crippen LogP contribution in [0.5, 0.6) is 0 Å². The number of nitrogens with one attached hydrogen (secondary N) is 1. The number of hydrogen-bond acceptors (Lipinski definition) is 4. The summed E-state index contributed by atoms with van der Waals surface area (Å²) in [5, 5.41) is 3.31. The highest BCUT2D eigenvalue weighted by Gasteiger charge is 2.29. The van der Waals surface area contributed by atoms with Crippen LogP contribution >= 0.6 is 35.8 Å². The zero-order valence-electron chi connectivity index (χ0n) is 10.6. The van der Waals surface area contributed by atoms with Crippen molar-refractivity contribution in [3.8, 4) is 0 Å². The fourth-order valence-electron chi connectivity index (χ4n) is 2.10. The van der Waals surface area contributed by atoms with Crippen LogP contribution in [0, 0.1) is 0 Å². The lowest BCUT2D eigenvalue weighted by molar-refractivity contribution is 0.497. The predicted molar refractivity (Wildman–Crippen MR) is 83.6 cm³/mol. The van der Waals surface area contributed by atoms with E-state index >= 15 is 0 Å². The van der Waals surface area contributed by atoms with E-state index in [1.54, 1.807) is 18.2 Å². The maximum Gasteiger partial charge on any atom is 0.182 e. The van der Waals surface area contributed by atoms with Gasteiger partial charge in [0, 0.05) is 11.4 Å². The molecule has 1 N–H and O–H groups in total. The van der Waals surface area contributed by atoms with Gasteiger partial charge in [-0.25, -0.2) is 8.42 Å². The van der Waals surface area contributed by atoms with E-state index in [0.717, 1.165) is 24.3 Å². The van der Waals surface area contributed by atoms with Crippen molar-refractivity contribution in [3.63, 3.8) is 0 Å². The molecule has 0 saturated carbocycles. The summed E-state index contributed by atoms with van der Waals surface area (Å²) in [5.74, 6) is 0. The summed E-state index contributed by atoms with van der Waals surface area (Å²) in [6.45, 7) is 1.43. The van der Waals surface area contributed by atoms with Crippen molar-refractivity contribution in [2.45, 2.75) is 27.9 Å². The molecule has 1 saturated heterocycles. The van der Waals surface area contributed by atoms with Gasteiger partial charge in [0.2, 0.25) is 0 Å². The van der Waals surface area contributed by atoms with Gasteiger partial charge < -0.3 is 5.32 Å². The molecule has 3 nitrogen and oxygen atoms in total. The third kappa shape index (κ3) is 3.79. The molecule has 1 aromatic rings. The molecule has 1 atom stereocenters. The van der Waals surface area contributed by atoms with Crippen LogP contribution in [0.1, 0.15) is 12.8 Å². The van der Waals surface area contributed by atoms with E-state index in [9.17, 15) is 8.42 Å². The molecule has 1 aromatic carbocycles. The van der Waals surface area contributed by atoms with Crippen molar-refractivity contribution in [2.24, 2.45) is 0 Å². The van der Waals surface area contributed by atoms with E-state index in [4.69, 9.17) is 11.6 Å². The highest BCUT2D eigenvalue weighted by atomic mass is 35.5. The van der Waals surface area contributed by atoms with Crippen molar-refractivity contribution in [2.75, 3.05) is 19.3 Å². The first-order valence-corrected chi connectivity index (χ1v) is 8.99. The highest BCUT2D eigenvalue weighted by molar-refractivity contribution is 7.98. The summed E-state index contributed by atoms with van der Waals surface area (Å²) in [6, 6.07) is 5.00. The lowest BCUT2D eigenvalue weighted by Crippen LogP contribution is -2.38. The van der Waals surface area contributed by atoms with E-state index in [0.29, 0.717) is 16.5 Å². The summed E-state index contributed by atoms with van der Waals surface area (Å²) < 4.78 is 24.9. The minimum Gasteiger partial charge on any atom is -0.315 e. The zero-order valence-corrected chi connectivity index (χ0v) is 13.8. The first kappa shape index (κ1) is 17.1. The number of sulfone groups is 1. The first-order valence-electron chi connectivity index (χ1n) is 5.84. The number of rotatable bonds is 3. The number of thioether (sulfide) groups is 1. The largest absolute Gasteiger partial charge is 0.315 e. The molecule has 1 aliphatic rings. The van der Waals surface area contributed by atoms with E-state index in [1.165, 1.54) is 11.8 Å². The average Bonchev–Trinajstić information content (AvgIpc) is 2.39. The molecule has 0 aromatic heterocycles. The topological polar surface area (TPSA) is 46.2 Å². The van der Waals surface area contributed by atoms with Gasteiger partial charge in [0.25, 0.3) is 0 Å². The summed E-state index contributed by atoms with van der Waals surface area (Å²) in [5.41, 5.74) is 0. The van der Waals surface area contributed by atoms with Gasteiger partial charge >= 0.3 is 0 Å². The molecule has 1 aliphatic heterocycles. The molecular formula is C12H17Cl2NO2S2. The van der Waals surface area contributed by atoms with Crippen LogP contribution in [0.3, 0.4) is 0 Å². The Morgan fingerprint density at radius 3 is 2.68 bits per heavy atom. The Hall–Kier alpha value is 0.0600. The lowest BCUT2D eigenvalue weighted by atomic mass is 10.2. The SMILES string of the molecule is CSc1ccc(S(=O)(=O)C2CCCNC2)cc1Cl.Cl. The van der Waals surface area contributed by atoms with Gasteiger partial charge in [-0.3, -0.25) is 0 Å². The Balaban J connectivity index is 0.00000180. The summed E-state index contributed by atoms with van der Waals surface area (Å²) in [4.78, 5) is 1.23. The molecule has 0 spiro atoms. The monoisotopic (exact) mass is 341 g/mol. The van der Waals surface area contributed by atoms with Crippen molar-refractivity contribution < 1.29 is 8.42 Å². The predicted octanol–water partition coefficient (Wildman–Crippen LogP) is 3.01. The fourth-order valence-corrected chi connectivity index (χ4v) is 4.77. The number of piperidine rings is 1. The molecule has 1 unspecified atom stereocenters. The van der Waals surface area contributed by atoms with Gasteiger partial charge in [0.1, 0.15) is 0 Å². The molecule has 108 valence electrons. The van der Waals surface area contributed by atoms with Crippen LogP contribution in [0.4, 0.5) is 0 Å². The van der Waals surface area contributed by atoms with Crippen molar-refractivity contribution in [1.82, 2.24) is 5.32 Å². The maximum atomic E-state index is 12.4. The van der Waals surface area contributed by atoms with E-state index < -0.39 is 9.84 Å². The summed E-state index contributed by atoms with van der Waals surface area (Å²) >= 11 is 7.58. The molecule has 0 aliphatic carbocycles. The van der Waals surface area contributed by atoms with Gasteiger partial charge in [-0.05, 0) is 43.8 Å². The first-order chi connectivity index (χ1) is 8.55. The van der Waals surface area contributed by atoms with Gasteiger partial charge in [-0.15, -0.1) is 24.2 Å². The Morgan fingerprint density at radius 2 is 2.16 bits per heavy atom. The number of benzene rings is 1. The molecule has 0 bridgehead atoms. The Kier molecular flexibility index (Phi) is 6.47. The van der Waals surface area contributed by atoms with E-state index in [2.05, 4.69) is 5.32 Å². The lowest BCUT2D eigenvalue weighted by Gasteiger charge is -2.23. The van der Waals surface area contributed by atoms with Gasteiger partial charge in [0.15, 0.2) is 9.84 Å². The van der Waals surface area contributed by atoms with E-state index in [-0.39, 0.29) is 17.7 Å². The minimum atomic E-state index is -3.27. The smallest absolute Gasteiger partial charge is 0.182 e. The van der Waals surface area contributed by atoms with Gasteiger partial charge in [-0.1, -0.05) is 11.6 Å². The van der Waals surface area contributed by atoms with E-state index in [1.807, 2.05) is 6.26 Å². The zero-order chi connectivity index (χ0) is 13.2. The van der Waals surface area contributed by atoms with Gasteiger partial charge in [-0.2, -0.15) is 0 Å². The third-order valence-electron chi connectivity index (χ3n) is 3.14. The van der Waals surface area contributed by atoms with Crippen LogP contribution in [-0.2, 0) is 9.84 Å². The second-order valence-electron chi connectivity index (χ2n) is 4.31. The Labute approximate surface area is 129 Å². The molecule has 0 amide bonds. The molecule has 1 heterocycles. The number of hydrogen-bond donors (Lipinski definition) is 1. The quantitative estimate of drug-likeness (QED) is 0.858. The molecule has 0 radical (unpaired) electrons. The molecule has 7 heteroatoms. The standard InChI is InChI=1S/C12H16ClNO2S2.ClH/c1-17-12-5-4-9(7-11(12)13)18(15,16)10-3-2-6-14-8-10;/h4-5,7,10,14H,2-3,6,8H2,1H3;1H. The fraction of sp³-hybridized carbons (Fsp3) is 0.500. The molecule has 2 rings (SSSR count). The maximum absolute atomic E-state index is 12.4. The van der Waals surface area contributed by atoms with Gasteiger partial charge in [0.05, 0.1) is 15.2 Å². The second-order valence-corrected chi connectivity index (χ2v) is 7.79. The number of halogens is 2. The van der Waals surface area contributed by atoms with Crippen LogP contribution < -0.4 is 5.32 Å². The third-order valence-corrected chi connectivity index (χ3v) is 6.55. The molecule has 19 heavy (non-hydrogen) atoms. The van der Waals surface area contributed by atoms with Crippen LogP contribution in [-0.4, -0.2) is 33.0 Å². The summed E-state index contributed by atoms with van der Waals surface area (Å²) in [6.07, 6.45) is 3.54. The Bertz CT molecular complexity index is 529. The van der Waals surface area contributed by atoms with Crippen molar-refractivity contribution in [3.05, 3.63) is 23.2 Å². The van der Waals surface area contributed by atoms with Crippen molar-refractivity contribution in [1.29, 1.82) is 0 Å².